The number of amides is 1. The number of hydrogen-bond donors (Lipinski definition) is 1. The molecular weight excluding hydrogens is 368 g/mol. The summed E-state index contributed by atoms with van der Waals surface area (Å²) in [7, 11) is 3.03. The highest BCUT2D eigenvalue weighted by atomic mass is 16.5. The summed E-state index contributed by atoms with van der Waals surface area (Å²) in [4.78, 5) is 17.4. The number of carbonyl (C=O) groups is 1. The molecule has 3 aromatic carbocycles. The zero-order chi connectivity index (χ0) is 20.4. The number of fused-ring (bicyclic) bond motifs is 1. The lowest BCUT2D eigenvalue weighted by atomic mass is 10.1. The number of aromatic nitrogens is 1. The van der Waals surface area contributed by atoms with Gasteiger partial charge in [-0.25, -0.2) is 4.98 Å². The van der Waals surface area contributed by atoms with Crippen LogP contribution >= 0.6 is 0 Å². The maximum atomic E-state index is 12.9. The third kappa shape index (κ3) is 3.65. The van der Waals surface area contributed by atoms with E-state index in [1.165, 1.54) is 14.2 Å². The van der Waals surface area contributed by atoms with Gasteiger partial charge in [0.1, 0.15) is 22.6 Å². The first-order valence-corrected chi connectivity index (χ1v) is 9.09. The molecular formula is C23H20N2O4. The van der Waals surface area contributed by atoms with Crippen LogP contribution in [-0.4, -0.2) is 25.1 Å². The van der Waals surface area contributed by atoms with Crippen molar-refractivity contribution in [2.24, 2.45) is 0 Å². The molecule has 0 atom stereocenters. The van der Waals surface area contributed by atoms with E-state index < -0.39 is 0 Å². The van der Waals surface area contributed by atoms with E-state index in [4.69, 9.17) is 13.9 Å². The molecule has 1 N–H and O–H groups in total. The lowest BCUT2D eigenvalue weighted by Crippen LogP contribution is -2.14. The standard InChI is InChI=1S/C23H20N2O4/c1-14-10-11-18-17(12-14)25-23(29-18)15-6-4-7-16(13-15)24-22(26)21-19(27-2)8-5-9-20(21)28-3/h4-13H,1-3H3,(H,24,26). The lowest BCUT2D eigenvalue weighted by molar-refractivity contribution is 0.102. The van der Waals surface area contributed by atoms with Gasteiger partial charge in [-0.1, -0.05) is 18.2 Å². The van der Waals surface area contributed by atoms with Gasteiger partial charge in [-0.05, 0) is 55.0 Å². The van der Waals surface area contributed by atoms with Crippen LogP contribution in [0.5, 0.6) is 11.5 Å². The average molecular weight is 388 g/mol. The molecule has 29 heavy (non-hydrogen) atoms. The number of nitrogens with zero attached hydrogens (tertiary/aromatic N) is 1. The van der Waals surface area contributed by atoms with Crippen molar-refractivity contribution >= 4 is 22.7 Å². The monoisotopic (exact) mass is 388 g/mol. The summed E-state index contributed by atoms with van der Waals surface area (Å²) in [5, 5.41) is 2.89. The fraction of sp³-hybridized carbons (Fsp3) is 0.130. The first-order valence-electron chi connectivity index (χ1n) is 9.09. The highest BCUT2D eigenvalue weighted by Gasteiger charge is 2.18. The van der Waals surface area contributed by atoms with E-state index in [1.807, 2.05) is 43.3 Å². The van der Waals surface area contributed by atoms with E-state index >= 15 is 0 Å². The summed E-state index contributed by atoms with van der Waals surface area (Å²) >= 11 is 0. The summed E-state index contributed by atoms with van der Waals surface area (Å²) in [6, 6.07) is 18.4. The van der Waals surface area contributed by atoms with Gasteiger partial charge in [-0.2, -0.15) is 0 Å². The van der Waals surface area contributed by atoms with Crippen molar-refractivity contribution in [2.45, 2.75) is 6.92 Å². The number of carbonyl (C=O) groups excluding carboxylic acids is 1. The smallest absolute Gasteiger partial charge is 0.263 e. The number of hydrogen-bond acceptors (Lipinski definition) is 5. The van der Waals surface area contributed by atoms with Crippen LogP contribution < -0.4 is 14.8 Å². The van der Waals surface area contributed by atoms with E-state index in [1.54, 1.807) is 24.3 Å². The van der Waals surface area contributed by atoms with E-state index in [-0.39, 0.29) is 5.91 Å². The Morgan fingerprint density at radius 1 is 0.966 bits per heavy atom. The van der Waals surface area contributed by atoms with Crippen LogP contribution in [0, 0.1) is 6.92 Å². The van der Waals surface area contributed by atoms with Gasteiger partial charge in [0, 0.05) is 11.3 Å². The number of anilines is 1. The molecule has 6 heteroatoms. The van der Waals surface area contributed by atoms with Gasteiger partial charge in [0.2, 0.25) is 5.89 Å². The number of benzene rings is 3. The molecule has 0 aliphatic rings. The number of methoxy groups -OCH3 is 2. The van der Waals surface area contributed by atoms with Gasteiger partial charge in [0.15, 0.2) is 5.58 Å². The van der Waals surface area contributed by atoms with Crippen molar-refractivity contribution in [1.29, 1.82) is 0 Å². The van der Waals surface area contributed by atoms with Gasteiger partial charge in [-0.15, -0.1) is 0 Å². The maximum Gasteiger partial charge on any atom is 0.263 e. The predicted octanol–water partition coefficient (Wildman–Crippen LogP) is 5.07. The molecule has 0 saturated heterocycles. The number of rotatable bonds is 5. The highest BCUT2D eigenvalue weighted by Crippen LogP contribution is 2.30. The molecule has 0 aliphatic heterocycles. The topological polar surface area (TPSA) is 73.6 Å². The molecule has 0 bridgehead atoms. The molecule has 0 aliphatic carbocycles. The van der Waals surface area contributed by atoms with Crippen molar-refractivity contribution in [3.8, 4) is 23.0 Å². The van der Waals surface area contributed by atoms with Gasteiger partial charge in [0.25, 0.3) is 5.91 Å². The zero-order valence-electron chi connectivity index (χ0n) is 16.4. The SMILES string of the molecule is COc1cccc(OC)c1C(=O)Nc1cccc(-c2nc3cc(C)ccc3o2)c1. The number of nitrogens with one attached hydrogen (secondary N) is 1. The minimum atomic E-state index is -0.329. The van der Waals surface area contributed by atoms with Gasteiger partial charge in [-0.3, -0.25) is 4.79 Å². The van der Waals surface area contributed by atoms with E-state index in [2.05, 4.69) is 10.3 Å². The quantitative estimate of drug-likeness (QED) is 0.516. The molecule has 0 spiro atoms. The molecule has 1 heterocycles. The largest absolute Gasteiger partial charge is 0.496 e. The average Bonchev–Trinajstić information content (AvgIpc) is 3.16. The van der Waals surface area contributed by atoms with Crippen molar-refractivity contribution in [1.82, 2.24) is 4.98 Å². The molecule has 4 rings (SSSR count). The zero-order valence-corrected chi connectivity index (χ0v) is 16.4. The van der Waals surface area contributed by atoms with Crippen LogP contribution in [0.1, 0.15) is 15.9 Å². The normalized spacial score (nSPS) is 10.7. The minimum Gasteiger partial charge on any atom is -0.496 e. The molecule has 0 fully saturated rings. The number of ether oxygens (including phenoxy) is 2. The second kappa shape index (κ2) is 7.67. The molecule has 0 unspecified atom stereocenters. The molecule has 0 radical (unpaired) electrons. The Balaban J connectivity index is 1.65. The van der Waals surface area contributed by atoms with Gasteiger partial charge < -0.3 is 19.2 Å². The second-order valence-corrected chi connectivity index (χ2v) is 6.56. The third-order valence-corrected chi connectivity index (χ3v) is 4.57. The summed E-state index contributed by atoms with van der Waals surface area (Å²) in [5.41, 5.74) is 4.35. The maximum absolute atomic E-state index is 12.9. The van der Waals surface area contributed by atoms with Crippen molar-refractivity contribution in [3.05, 3.63) is 71.8 Å². The van der Waals surface area contributed by atoms with Gasteiger partial charge >= 0.3 is 0 Å². The molecule has 4 aromatic rings. The van der Waals surface area contributed by atoms with Crippen LogP contribution in [0.15, 0.2) is 65.1 Å². The van der Waals surface area contributed by atoms with Crippen LogP contribution in [0.2, 0.25) is 0 Å². The Bertz CT molecular complexity index is 1170. The fourth-order valence-electron chi connectivity index (χ4n) is 3.16. The van der Waals surface area contributed by atoms with Gasteiger partial charge in [0.05, 0.1) is 14.2 Å². The first-order chi connectivity index (χ1) is 14.1. The Labute approximate surface area is 168 Å². The third-order valence-electron chi connectivity index (χ3n) is 4.57. The summed E-state index contributed by atoms with van der Waals surface area (Å²) in [6.45, 7) is 2.01. The Morgan fingerprint density at radius 2 is 1.69 bits per heavy atom. The lowest BCUT2D eigenvalue weighted by Gasteiger charge is -2.13. The first kappa shape index (κ1) is 18.6. The van der Waals surface area contributed by atoms with Crippen LogP contribution in [0.3, 0.4) is 0 Å². The minimum absolute atomic E-state index is 0.329. The highest BCUT2D eigenvalue weighted by molar-refractivity contribution is 6.08. The fourth-order valence-corrected chi connectivity index (χ4v) is 3.16. The van der Waals surface area contributed by atoms with Crippen LogP contribution in [0.4, 0.5) is 5.69 Å². The summed E-state index contributed by atoms with van der Waals surface area (Å²) in [6.07, 6.45) is 0. The van der Waals surface area contributed by atoms with Crippen LogP contribution in [-0.2, 0) is 0 Å². The molecule has 1 amide bonds. The summed E-state index contributed by atoms with van der Waals surface area (Å²) < 4.78 is 16.5. The second-order valence-electron chi connectivity index (χ2n) is 6.56. The van der Waals surface area contributed by atoms with Crippen molar-refractivity contribution in [2.75, 3.05) is 19.5 Å². The van der Waals surface area contributed by atoms with E-state index in [0.29, 0.717) is 28.6 Å². The number of oxazole rings is 1. The molecule has 146 valence electrons. The molecule has 0 saturated carbocycles. The Hall–Kier alpha value is -3.80. The van der Waals surface area contributed by atoms with Crippen molar-refractivity contribution < 1.29 is 18.7 Å². The molecule has 1 aromatic heterocycles. The van der Waals surface area contributed by atoms with E-state index in [0.717, 1.165) is 22.2 Å². The molecule has 6 nitrogen and oxygen atoms in total. The summed E-state index contributed by atoms with van der Waals surface area (Å²) in [5.74, 6) is 1.04. The Kier molecular flexibility index (Phi) is 4.91. The Morgan fingerprint density at radius 3 is 2.41 bits per heavy atom. The van der Waals surface area contributed by atoms with Crippen LogP contribution in [0.25, 0.3) is 22.6 Å². The number of aryl methyl sites for hydroxylation is 1. The van der Waals surface area contributed by atoms with E-state index in [9.17, 15) is 4.79 Å². The van der Waals surface area contributed by atoms with Crippen molar-refractivity contribution in [3.63, 3.8) is 0 Å². The predicted molar refractivity (Wildman–Crippen MR) is 112 cm³/mol.